The van der Waals surface area contributed by atoms with Crippen molar-refractivity contribution in [3.8, 4) is 0 Å². The number of hydrogen-bond acceptors (Lipinski definition) is 4. The molecule has 28 heavy (non-hydrogen) atoms. The number of aliphatic imine (C=N–C) groups is 1. The van der Waals surface area contributed by atoms with E-state index in [4.69, 9.17) is 14.2 Å². The van der Waals surface area contributed by atoms with E-state index >= 15 is 0 Å². The molecule has 0 atom stereocenters. The molecule has 0 spiro atoms. The van der Waals surface area contributed by atoms with Gasteiger partial charge in [0, 0.05) is 5.71 Å². The summed E-state index contributed by atoms with van der Waals surface area (Å²) < 4.78 is 11.7. The second-order valence-corrected chi connectivity index (χ2v) is 14.4. The summed E-state index contributed by atoms with van der Waals surface area (Å²) in [7, 11) is -1.82. The van der Waals surface area contributed by atoms with E-state index in [1.807, 2.05) is 52.8 Å². The molecule has 0 bridgehead atoms. The lowest BCUT2D eigenvalue weighted by molar-refractivity contribution is 0.00695. The van der Waals surface area contributed by atoms with Crippen LogP contribution in [-0.2, 0) is 9.16 Å². The van der Waals surface area contributed by atoms with Gasteiger partial charge >= 0.3 is 5.97 Å². The SMILES string of the molecule is C/C=C(CO[Si](C)(C)C(C)(C)C)\N=C(/C)c1ccc(C(=O)OC(C)(C)C)cc1. The fourth-order valence-corrected chi connectivity index (χ4v) is 3.06. The van der Waals surface area contributed by atoms with Crippen molar-refractivity contribution in [3.63, 3.8) is 0 Å². The average molecular weight is 404 g/mol. The molecule has 0 radical (unpaired) electrons. The van der Waals surface area contributed by atoms with E-state index < -0.39 is 13.9 Å². The van der Waals surface area contributed by atoms with Gasteiger partial charge < -0.3 is 9.16 Å². The highest BCUT2D eigenvalue weighted by Gasteiger charge is 2.37. The Bertz CT molecular complexity index is 733. The summed E-state index contributed by atoms with van der Waals surface area (Å²) in [6.07, 6.45) is 1.99. The maximum atomic E-state index is 12.2. The van der Waals surface area contributed by atoms with Crippen molar-refractivity contribution >= 4 is 20.0 Å². The van der Waals surface area contributed by atoms with E-state index in [1.54, 1.807) is 12.1 Å². The maximum Gasteiger partial charge on any atom is 0.338 e. The van der Waals surface area contributed by atoms with Crippen LogP contribution >= 0.6 is 0 Å². The average Bonchev–Trinajstić information content (AvgIpc) is 2.56. The van der Waals surface area contributed by atoms with Crippen LogP contribution in [-0.4, -0.2) is 32.2 Å². The molecule has 4 nitrogen and oxygen atoms in total. The molecule has 0 aromatic heterocycles. The number of ether oxygens (including phenoxy) is 1. The summed E-state index contributed by atoms with van der Waals surface area (Å²) in [5, 5.41) is 0.169. The van der Waals surface area contributed by atoms with E-state index in [1.165, 1.54) is 0 Å². The third kappa shape index (κ3) is 7.36. The van der Waals surface area contributed by atoms with Crippen LogP contribution in [0.15, 0.2) is 41.0 Å². The van der Waals surface area contributed by atoms with Crippen molar-refractivity contribution in [1.82, 2.24) is 0 Å². The van der Waals surface area contributed by atoms with Crippen molar-refractivity contribution < 1.29 is 14.0 Å². The number of benzene rings is 1. The van der Waals surface area contributed by atoms with E-state index in [-0.39, 0.29) is 11.0 Å². The summed E-state index contributed by atoms with van der Waals surface area (Å²) in [6, 6.07) is 7.37. The molecule has 156 valence electrons. The quantitative estimate of drug-likeness (QED) is 0.315. The number of allylic oxidation sites excluding steroid dienone is 1. The Labute approximate surface area is 172 Å². The number of esters is 1. The molecule has 0 fully saturated rings. The zero-order valence-electron chi connectivity index (χ0n) is 19.3. The minimum Gasteiger partial charge on any atom is -0.456 e. The van der Waals surface area contributed by atoms with Gasteiger partial charge in [0.25, 0.3) is 0 Å². The van der Waals surface area contributed by atoms with Crippen molar-refractivity contribution in [2.24, 2.45) is 4.99 Å². The summed E-state index contributed by atoms with van der Waals surface area (Å²) in [5.74, 6) is -0.314. The standard InChI is InChI=1S/C23H37NO3Si/c1-11-20(16-26-28(9,10)23(6,7)8)24-17(2)18-12-14-19(15-13-18)21(25)27-22(3,4)5/h11-15H,16H2,1-10H3/b20-11-,24-17+. The molecule has 1 aromatic carbocycles. The van der Waals surface area contributed by atoms with Crippen LogP contribution in [0.25, 0.3) is 0 Å². The smallest absolute Gasteiger partial charge is 0.338 e. The zero-order chi connectivity index (χ0) is 21.8. The van der Waals surface area contributed by atoms with Crippen LogP contribution in [0, 0.1) is 0 Å². The topological polar surface area (TPSA) is 47.9 Å². The van der Waals surface area contributed by atoms with Gasteiger partial charge in [0.05, 0.1) is 17.9 Å². The van der Waals surface area contributed by atoms with Crippen molar-refractivity contribution in [1.29, 1.82) is 0 Å². The molecule has 0 aliphatic heterocycles. The lowest BCUT2D eigenvalue weighted by atomic mass is 10.1. The lowest BCUT2D eigenvalue weighted by Crippen LogP contribution is -2.41. The fraction of sp³-hybridized carbons (Fsp3) is 0.565. The lowest BCUT2D eigenvalue weighted by Gasteiger charge is -2.36. The predicted octanol–water partition coefficient (Wildman–Crippen LogP) is 6.38. The number of hydrogen-bond donors (Lipinski definition) is 0. The Morgan fingerprint density at radius 1 is 1.04 bits per heavy atom. The Hall–Kier alpha value is -1.72. The fourth-order valence-electron chi connectivity index (χ4n) is 2.12. The highest BCUT2D eigenvalue weighted by molar-refractivity contribution is 6.74. The van der Waals surface area contributed by atoms with E-state index in [9.17, 15) is 4.79 Å². The second kappa shape index (κ2) is 9.18. The van der Waals surface area contributed by atoms with Crippen LogP contribution in [0.2, 0.25) is 18.1 Å². The molecule has 0 saturated carbocycles. The Kier molecular flexibility index (Phi) is 7.97. The minimum atomic E-state index is -1.82. The van der Waals surface area contributed by atoms with E-state index in [0.29, 0.717) is 12.2 Å². The molecule has 0 heterocycles. The van der Waals surface area contributed by atoms with Crippen LogP contribution in [0.4, 0.5) is 0 Å². The summed E-state index contributed by atoms with van der Waals surface area (Å²) in [4.78, 5) is 16.9. The first-order valence-corrected chi connectivity index (χ1v) is 12.8. The van der Waals surface area contributed by atoms with Crippen LogP contribution in [0.1, 0.15) is 71.3 Å². The number of rotatable bonds is 6. The van der Waals surface area contributed by atoms with E-state index in [0.717, 1.165) is 17.0 Å². The number of nitrogens with zero attached hydrogens (tertiary/aromatic N) is 1. The predicted molar refractivity (Wildman–Crippen MR) is 121 cm³/mol. The number of carbonyl (C=O) groups excluding carboxylic acids is 1. The van der Waals surface area contributed by atoms with Gasteiger partial charge in [-0.1, -0.05) is 39.0 Å². The highest BCUT2D eigenvalue weighted by Crippen LogP contribution is 2.36. The summed E-state index contributed by atoms with van der Waals surface area (Å²) >= 11 is 0. The second-order valence-electron chi connectivity index (χ2n) is 9.61. The molecule has 5 heteroatoms. The van der Waals surface area contributed by atoms with Crippen molar-refractivity contribution in [2.45, 2.75) is 79.1 Å². The molecule has 1 aromatic rings. The molecule has 0 N–H and O–H groups in total. The van der Waals surface area contributed by atoms with Crippen molar-refractivity contribution in [2.75, 3.05) is 6.61 Å². The first kappa shape index (κ1) is 24.3. The van der Waals surface area contributed by atoms with Crippen LogP contribution < -0.4 is 0 Å². The van der Waals surface area contributed by atoms with Crippen molar-refractivity contribution in [3.05, 3.63) is 47.2 Å². The molecule has 0 aliphatic rings. The number of carbonyl (C=O) groups is 1. The molecule has 0 aliphatic carbocycles. The highest BCUT2D eigenvalue weighted by atomic mass is 28.4. The minimum absolute atomic E-state index is 0.169. The summed E-state index contributed by atoms with van der Waals surface area (Å²) in [6.45, 7) is 21.2. The summed E-state index contributed by atoms with van der Waals surface area (Å²) in [5.41, 5.74) is 2.82. The Morgan fingerprint density at radius 2 is 1.54 bits per heavy atom. The maximum absolute atomic E-state index is 12.2. The largest absolute Gasteiger partial charge is 0.456 e. The zero-order valence-corrected chi connectivity index (χ0v) is 20.3. The Morgan fingerprint density at radius 3 is 1.96 bits per heavy atom. The first-order chi connectivity index (χ1) is 12.7. The molecule has 0 unspecified atom stereocenters. The van der Waals surface area contributed by atoms with Gasteiger partial charge in [-0.3, -0.25) is 4.99 Å². The molecule has 1 rings (SSSR count). The van der Waals surface area contributed by atoms with Gasteiger partial charge in [0.2, 0.25) is 0 Å². The molecular formula is C23H37NO3Si. The van der Waals surface area contributed by atoms with E-state index in [2.05, 4.69) is 33.9 Å². The van der Waals surface area contributed by atoms with Gasteiger partial charge in [-0.25, -0.2) is 4.79 Å². The normalized spacial score (nSPS) is 14.2. The monoisotopic (exact) mass is 403 g/mol. The molecular weight excluding hydrogens is 366 g/mol. The van der Waals surface area contributed by atoms with Crippen LogP contribution in [0.5, 0.6) is 0 Å². The van der Waals surface area contributed by atoms with Gasteiger partial charge in [0.15, 0.2) is 8.32 Å². The Balaban J connectivity index is 2.87. The third-order valence-corrected chi connectivity index (χ3v) is 9.45. The van der Waals surface area contributed by atoms with Gasteiger partial charge in [-0.2, -0.15) is 0 Å². The molecule has 0 amide bonds. The van der Waals surface area contributed by atoms with Crippen LogP contribution in [0.3, 0.4) is 0 Å². The van der Waals surface area contributed by atoms with Gasteiger partial charge in [-0.15, -0.1) is 0 Å². The first-order valence-electron chi connectivity index (χ1n) is 9.84. The third-order valence-electron chi connectivity index (χ3n) is 4.97. The molecule has 0 saturated heterocycles. The van der Waals surface area contributed by atoms with Gasteiger partial charge in [0.1, 0.15) is 5.60 Å². The van der Waals surface area contributed by atoms with Gasteiger partial charge in [-0.05, 0) is 70.4 Å².